The van der Waals surface area contributed by atoms with Crippen LogP contribution in [0.4, 0.5) is 11.4 Å². The van der Waals surface area contributed by atoms with Gasteiger partial charge >= 0.3 is 0 Å². The Morgan fingerprint density at radius 3 is 2.00 bits per heavy atom. The monoisotopic (exact) mass is 328 g/mol. The van der Waals surface area contributed by atoms with Crippen LogP contribution in [-0.4, -0.2) is 46.1 Å². The molecule has 24 heavy (non-hydrogen) atoms. The molecule has 0 radical (unpaired) electrons. The van der Waals surface area contributed by atoms with Crippen LogP contribution in [-0.2, 0) is 0 Å². The molecule has 0 aliphatic rings. The molecule has 7 heteroatoms. The van der Waals surface area contributed by atoms with Crippen molar-refractivity contribution < 1.29 is 15.3 Å². The summed E-state index contributed by atoms with van der Waals surface area (Å²) < 4.78 is 0. The fourth-order valence-corrected chi connectivity index (χ4v) is 1.80. The van der Waals surface area contributed by atoms with Crippen molar-refractivity contribution in [2.24, 2.45) is 10.2 Å². The van der Waals surface area contributed by atoms with Gasteiger partial charge < -0.3 is 15.3 Å². The van der Waals surface area contributed by atoms with Gasteiger partial charge in [-0.15, -0.1) is 0 Å². The summed E-state index contributed by atoms with van der Waals surface area (Å²) in [6.07, 6.45) is -1.45. The first kappa shape index (κ1) is 17.6. The molecule has 0 saturated carbocycles. The Hall–Kier alpha value is -2.74. The zero-order valence-corrected chi connectivity index (χ0v) is 12.9. The zero-order chi connectivity index (χ0) is 17.2. The smallest absolute Gasteiger partial charge is 0.127 e. The molecule has 0 aliphatic heterocycles. The van der Waals surface area contributed by atoms with Gasteiger partial charge in [-0.25, -0.2) is 0 Å². The molecule has 7 nitrogen and oxygen atoms in total. The highest BCUT2D eigenvalue weighted by atomic mass is 16.4. The van der Waals surface area contributed by atoms with E-state index in [0.29, 0.717) is 5.69 Å². The number of hydrogen-bond donors (Lipinski definition) is 5. The predicted octanol–water partition coefficient (Wildman–Crippen LogP) is 1.27. The summed E-state index contributed by atoms with van der Waals surface area (Å²) >= 11 is 0. The van der Waals surface area contributed by atoms with E-state index in [4.69, 9.17) is 5.11 Å². The number of aliphatic hydroxyl groups is 3. The third kappa shape index (κ3) is 5.47. The van der Waals surface area contributed by atoms with E-state index in [2.05, 4.69) is 21.1 Å². The molecule has 0 heterocycles. The third-order valence-electron chi connectivity index (χ3n) is 3.11. The molecule has 2 aromatic carbocycles. The van der Waals surface area contributed by atoms with Crippen LogP contribution in [0.15, 0.2) is 70.9 Å². The van der Waals surface area contributed by atoms with Gasteiger partial charge in [-0.1, -0.05) is 36.4 Å². The van der Waals surface area contributed by atoms with Gasteiger partial charge in [-0.2, -0.15) is 10.2 Å². The minimum absolute atomic E-state index is 0.0730. The Morgan fingerprint density at radius 2 is 1.46 bits per heavy atom. The molecule has 0 aliphatic carbocycles. The number of hydrazone groups is 2. The van der Waals surface area contributed by atoms with E-state index in [1.165, 1.54) is 6.21 Å². The molecule has 5 N–H and O–H groups in total. The number of aliphatic hydroxyl groups excluding tert-OH is 3. The Labute approximate surface area is 140 Å². The SMILES string of the molecule is OCC(O)C(O)C(/C=N\Nc1ccccc1)=N/Nc1ccccc1. The highest BCUT2D eigenvalue weighted by molar-refractivity contribution is 6.33. The van der Waals surface area contributed by atoms with E-state index in [1.54, 1.807) is 12.1 Å². The number of rotatable bonds is 8. The summed E-state index contributed by atoms with van der Waals surface area (Å²) in [5.41, 5.74) is 7.11. The number of hydrogen-bond acceptors (Lipinski definition) is 7. The van der Waals surface area contributed by atoms with Crippen LogP contribution >= 0.6 is 0 Å². The molecule has 0 amide bonds. The molecule has 2 rings (SSSR count). The minimum Gasteiger partial charge on any atom is -0.394 e. The van der Waals surface area contributed by atoms with E-state index in [9.17, 15) is 10.2 Å². The fraction of sp³-hybridized carbons (Fsp3) is 0.176. The van der Waals surface area contributed by atoms with E-state index in [1.807, 2.05) is 48.5 Å². The molecule has 2 atom stereocenters. The molecule has 2 aromatic rings. The molecule has 2 unspecified atom stereocenters. The van der Waals surface area contributed by atoms with Gasteiger partial charge in [0.2, 0.25) is 0 Å². The number of nitrogens with one attached hydrogen (secondary N) is 2. The van der Waals surface area contributed by atoms with Crippen LogP contribution in [0.5, 0.6) is 0 Å². The third-order valence-corrected chi connectivity index (χ3v) is 3.11. The van der Waals surface area contributed by atoms with Crippen molar-refractivity contribution in [3.63, 3.8) is 0 Å². The van der Waals surface area contributed by atoms with Gasteiger partial charge in [0.05, 0.1) is 24.2 Å². The molecular formula is C17H20N4O3. The largest absolute Gasteiger partial charge is 0.394 e. The van der Waals surface area contributed by atoms with Gasteiger partial charge in [0.1, 0.15) is 17.9 Å². The van der Waals surface area contributed by atoms with Gasteiger partial charge in [-0.05, 0) is 24.3 Å². The van der Waals surface area contributed by atoms with Crippen molar-refractivity contribution in [1.29, 1.82) is 0 Å². The Balaban J connectivity index is 2.10. The lowest BCUT2D eigenvalue weighted by atomic mass is 10.1. The van der Waals surface area contributed by atoms with Crippen molar-refractivity contribution in [3.05, 3.63) is 60.7 Å². The Kier molecular flexibility index (Phi) is 6.91. The standard InChI is InChI=1S/C17H20N4O3/c22-12-16(23)17(24)15(21-20-14-9-5-2-6-10-14)11-18-19-13-7-3-1-4-8-13/h1-11,16-17,19-20,22-24H,12H2/b18-11-,21-15+. The fourth-order valence-electron chi connectivity index (χ4n) is 1.80. The number of para-hydroxylation sites is 2. The summed E-state index contributed by atoms with van der Waals surface area (Å²) in [6.45, 7) is -0.592. The summed E-state index contributed by atoms with van der Waals surface area (Å²) in [5.74, 6) is 0. The quantitative estimate of drug-likeness (QED) is 0.370. The van der Waals surface area contributed by atoms with Gasteiger partial charge in [0, 0.05) is 0 Å². The van der Waals surface area contributed by atoms with Crippen molar-refractivity contribution in [2.45, 2.75) is 12.2 Å². The lowest BCUT2D eigenvalue weighted by Gasteiger charge is -2.15. The highest BCUT2D eigenvalue weighted by Gasteiger charge is 2.20. The highest BCUT2D eigenvalue weighted by Crippen LogP contribution is 2.06. The maximum atomic E-state index is 10.1. The summed E-state index contributed by atoms with van der Waals surface area (Å²) in [4.78, 5) is 0. The predicted molar refractivity (Wildman–Crippen MR) is 95.2 cm³/mol. The van der Waals surface area contributed by atoms with E-state index >= 15 is 0 Å². The maximum absolute atomic E-state index is 10.1. The molecule has 0 aromatic heterocycles. The minimum atomic E-state index is -1.38. The van der Waals surface area contributed by atoms with Crippen LogP contribution in [0.1, 0.15) is 0 Å². The molecule has 126 valence electrons. The Morgan fingerprint density at radius 1 is 0.917 bits per heavy atom. The second-order valence-electron chi connectivity index (χ2n) is 4.95. The first-order valence-corrected chi connectivity index (χ1v) is 7.40. The lowest BCUT2D eigenvalue weighted by molar-refractivity contribution is 0.0193. The van der Waals surface area contributed by atoms with Gasteiger partial charge in [-0.3, -0.25) is 10.9 Å². The van der Waals surface area contributed by atoms with Crippen molar-refractivity contribution >= 4 is 23.3 Å². The number of anilines is 2. The molecule has 0 saturated heterocycles. The molecule has 0 spiro atoms. The number of benzene rings is 2. The lowest BCUT2D eigenvalue weighted by Crippen LogP contribution is -2.37. The first-order chi connectivity index (χ1) is 11.7. The van der Waals surface area contributed by atoms with Crippen molar-refractivity contribution in [3.8, 4) is 0 Å². The summed E-state index contributed by atoms with van der Waals surface area (Å²) in [5, 5.41) is 36.7. The average Bonchev–Trinajstić information content (AvgIpc) is 2.65. The maximum Gasteiger partial charge on any atom is 0.127 e. The topological polar surface area (TPSA) is 109 Å². The summed E-state index contributed by atoms with van der Waals surface area (Å²) in [6, 6.07) is 18.4. The van der Waals surface area contributed by atoms with Crippen molar-refractivity contribution in [1.82, 2.24) is 0 Å². The Bertz CT molecular complexity index is 662. The second kappa shape index (κ2) is 9.41. The van der Waals surface area contributed by atoms with Crippen LogP contribution in [0.25, 0.3) is 0 Å². The van der Waals surface area contributed by atoms with E-state index in [0.717, 1.165) is 5.69 Å². The average molecular weight is 328 g/mol. The molecular weight excluding hydrogens is 308 g/mol. The second-order valence-corrected chi connectivity index (χ2v) is 4.95. The van der Waals surface area contributed by atoms with E-state index < -0.39 is 18.8 Å². The number of nitrogens with zero attached hydrogens (tertiary/aromatic N) is 2. The molecule has 0 fully saturated rings. The summed E-state index contributed by atoms with van der Waals surface area (Å²) in [7, 11) is 0. The van der Waals surface area contributed by atoms with Crippen LogP contribution in [0.2, 0.25) is 0 Å². The molecule has 0 bridgehead atoms. The van der Waals surface area contributed by atoms with E-state index in [-0.39, 0.29) is 5.71 Å². The van der Waals surface area contributed by atoms with Crippen LogP contribution in [0.3, 0.4) is 0 Å². The van der Waals surface area contributed by atoms with Crippen LogP contribution in [0, 0.1) is 0 Å². The van der Waals surface area contributed by atoms with Gasteiger partial charge in [0.25, 0.3) is 0 Å². The zero-order valence-electron chi connectivity index (χ0n) is 12.9. The normalized spacial score (nSPS) is 14.4. The van der Waals surface area contributed by atoms with Crippen molar-refractivity contribution in [2.75, 3.05) is 17.5 Å². The van der Waals surface area contributed by atoms with Gasteiger partial charge in [0.15, 0.2) is 0 Å². The van der Waals surface area contributed by atoms with Crippen LogP contribution < -0.4 is 10.9 Å². The first-order valence-electron chi connectivity index (χ1n) is 7.40.